The SMILES string of the molecule is O=C[C@@H]1[C@@H]2COC(=O)[C@H]12. The van der Waals surface area contributed by atoms with E-state index in [0.717, 1.165) is 6.29 Å². The number of rotatable bonds is 1. The van der Waals surface area contributed by atoms with E-state index in [-0.39, 0.29) is 23.7 Å². The summed E-state index contributed by atoms with van der Waals surface area (Å²) in [5.41, 5.74) is 0. The number of carbonyl (C=O) groups is 2. The van der Waals surface area contributed by atoms with Crippen LogP contribution in [0.4, 0.5) is 0 Å². The molecule has 3 nitrogen and oxygen atoms in total. The van der Waals surface area contributed by atoms with E-state index in [1.165, 1.54) is 0 Å². The summed E-state index contributed by atoms with van der Waals surface area (Å²) >= 11 is 0. The van der Waals surface area contributed by atoms with Crippen molar-refractivity contribution in [3.05, 3.63) is 0 Å². The van der Waals surface area contributed by atoms with Gasteiger partial charge in [0.05, 0.1) is 12.5 Å². The van der Waals surface area contributed by atoms with Crippen molar-refractivity contribution in [3.8, 4) is 0 Å². The van der Waals surface area contributed by atoms with Crippen LogP contribution in [0.1, 0.15) is 0 Å². The number of fused-ring (bicyclic) bond motifs is 1. The minimum Gasteiger partial charge on any atom is -0.465 e. The Balaban J connectivity index is 2.14. The first-order valence-electron chi connectivity index (χ1n) is 2.96. The minimum absolute atomic E-state index is 0.00810. The molecule has 1 saturated heterocycles. The van der Waals surface area contributed by atoms with Crippen LogP contribution in [0.2, 0.25) is 0 Å². The third-order valence-electron chi connectivity index (χ3n) is 2.08. The van der Waals surface area contributed by atoms with Gasteiger partial charge in [-0.25, -0.2) is 0 Å². The van der Waals surface area contributed by atoms with Crippen molar-refractivity contribution in [2.75, 3.05) is 6.61 Å². The van der Waals surface area contributed by atoms with Gasteiger partial charge in [-0.3, -0.25) is 4.79 Å². The largest absolute Gasteiger partial charge is 0.465 e. The van der Waals surface area contributed by atoms with E-state index in [0.29, 0.717) is 6.61 Å². The Labute approximate surface area is 52.0 Å². The predicted octanol–water partition coefficient (Wildman–Crippen LogP) is -0.396. The molecule has 0 N–H and O–H groups in total. The molecule has 3 heteroatoms. The molecule has 0 spiro atoms. The van der Waals surface area contributed by atoms with Crippen molar-refractivity contribution in [3.63, 3.8) is 0 Å². The van der Waals surface area contributed by atoms with Gasteiger partial charge in [-0.2, -0.15) is 0 Å². The second kappa shape index (κ2) is 1.35. The Morgan fingerprint density at radius 1 is 1.67 bits per heavy atom. The maximum Gasteiger partial charge on any atom is 0.310 e. The molecule has 9 heavy (non-hydrogen) atoms. The highest BCUT2D eigenvalue weighted by molar-refractivity contribution is 5.85. The molecule has 0 unspecified atom stereocenters. The summed E-state index contributed by atoms with van der Waals surface area (Å²) in [6.07, 6.45) is 0.857. The standard InChI is InChI=1S/C6H6O3/c7-1-3-4-2-9-6(8)5(3)4/h1,3-5H,2H2/t3-,4+,5-/m1/s1. The summed E-state index contributed by atoms with van der Waals surface area (Å²) < 4.78 is 4.65. The lowest BCUT2D eigenvalue weighted by Crippen LogP contribution is -2.05. The van der Waals surface area contributed by atoms with Crippen LogP contribution in [0.15, 0.2) is 0 Å². The highest BCUT2D eigenvalue weighted by Gasteiger charge is 2.60. The zero-order valence-electron chi connectivity index (χ0n) is 4.74. The lowest BCUT2D eigenvalue weighted by atomic mass is 10.3. The van der Waals surface area contributed by atoms with Crippen LogP contribution in [0.3, 0.4) is 0 Å². The van der Waals surface area contributed by atoms with Crippen LogP contribution < -0.4 is 0 Å². The average Bonchev–Trinajstić information content (AvgIpc) is 2.46. The number of esters is 1. The topological polar surface area (TPSA) is 43.4 Å². The summed E-state index contributed by atoms with van der Waals surface area (Å²) in [5, 5.41) is 0. The van der Waals surface area contributed by atoms with Crippen molar-refractivity contribution < 1.29 is 14.3 Å². The van der Waals surface area contributed by atoms with E-state index in [9.17, 15) is 9.59 Å². The fourth-order valence-electron chi connectivity index (χ4n) is 1.41. The number of carbonyl (C=O) groups excluding carboxylic acids is 2. The van der Waals surface area contributed by atoms with Gasteiger partial charge in [0.2, 0.25) is 0 Å². The molecule has 1 aliphatic heterocycles. The van der Waals surface area contributed by atoms with Crippen LogP contribution in [0.5, 0.6) is 0 Å². The molecular weight excluding hydrogens is 120 g/mol. The molecule has 1 heterocycles. The summed E-state index contributed by atoms with van der Waals surface area (Å²) in [7, 11) is 0. The Morgan fingerprint density at radius 3 is 2.78 bits per heavy atom. The smallest absolute Gasteiger partial charge is 0.310 e. The molecule has 2 fully saturated rings. The fraction of sp³-hybridized carbons (Fsp3) is 0.667. The number of cyclic esters (lactones) is 1. The first-order chi connectivity index (χ1) is 4.34. The quantitative estimate of drug-likeness (QED) is 0.355. The fourth-order valence-corrected chi connectivity index (χ4v) is 1.41. The van der Waals surface area contributed by atoms with Crippen LogP contribution in [-0.4, -0.2) is 18.9 Å². The normalized spacial score (nSPS) is 45.8. The summed E-state index contributed by atoms with van der Waals surface area (Å²) in [6.45, 7) is 0.465. The van der Waals surface area contributed by atoms with Crippen LogP contribution in [0, 0.1) is 17.8 Å². The minimum atomic E-state index is -0.183. The Hall–Kier alpha value is -0.860. The van der Waals surface area contributed by atoms with E-state index < -0.39 is 0 Å². The maximum atomic E-state index is 10.6. The van der Waals surface area contributed by atoms with Gasteiger partial charge in [0.15, 0.2) is 0 Å². The Bertz CT molecular complexity index is 175. The number of ether oxygens (including phenoxy) is 1. The first-order valence-corrected chi connectivity index (χ1v) is 2.96. The maximum absolute atomic E-state index is 10.6. The highest BCUT2D eigenvalue weighted by Crippen LogP contribution is 2.49. The van der Waals surface area contributed by atoms with E-state index in [2.05, 4.69) is 4.74 Å². The van der Waals surface area contributed by atoms with Crippen molar-refractivity contribution in [1.29, 1.82) is 0 Å². The zero-order chi connectivity index (χ0) is 6.43. The Morgan fingerprint density at radius 2 is 2.44 bits per heavy atom. The van der Waals surface area contributed by atoms with E-state index in [1.807, 2.05) is 0 Å². The van der Waals surface area contributed by atoms with E-state index in [4.69, 9.17) is 0 Å². The van der Waals surface area contributed by atoms with Gasteiger partial charge in [-0.05, 0) is 0 Å². The second-order valence-corrected chi connectivity index (χ2v) is 2.53. The lowest BCUT2D eigenvalue weighted by molar-refractivity contribution is -0.142. The average molecular weight is 126 g/mol. The van der Waals surface area contributed by atoms with Gasteiger partial charge >= 0.3 is 5.97 Å². The van der Waals surface area contributed by atoms with E-state index in [1.54, 1.807) is 0 Å². The molecule has 1 saturated carbocycles. The molecule has 0 aromatic carbocycles. The van der Waals surface area contributed by atoms with Crippen LogP contribution >= 0.6 is 0 Å². The number of hydrogen-bond donors (Lipinski definition) is 0. The number of hydrogen-bond acceptors (Lipinski definition) is 3. The molecular formula is C6H6O3. The highest BCUT2D eigenvalue weighted by atomic mass is 16.5. The van der Waals surface area contributed by atoms with Gasteiger partial charge in [-0.1, -0.05) is 0 Å². The number of aldehydes is 1. The third-order valence-corrected chi connectivity index (χ3v) is 2.08. The van der Waals surface area contributed by atoms with Gasteiger partial charge in [-0.15, -0.1) is 0 Å². The summed E-state index contributed by atoms with van der Waals surface area (Å²) in [4.78, 5) is 20.7. The van der Waals surface area contributed by atoms with Crippen molar-refractivity contribution in [2.24, 2.45) is 17.8 Å². The molecule has 0 aromatic heterocycles. The van der Waals surface area contributed by atoms with Gasteiger partial charge in [0.1, 0.15) is 6.29 Å². The molecule has 1 aliphatic carbocycles. The van der Waals surface area contributed by atoms with E-state index >= 15 is 0 Å². The molecule has 2 aliphatic rings. The molecule has 0 bridgehead atoms. The molecule has 0 aromatic rings. The molecule has 48 valence electrons. The molecule has 0 radical (unpaired) electrons. The Kier molecular flexibility index (Phi) is 0.743. The van der Waals surface area contributed by atoms with Crippen molar-refractivity contribution in [1.82, 2.24) is 0 Å². The summed E-state index contributed by atoms with van der Waals surface area (Å²) in [6, 6.07) is 0. The van der Waals surface area contributed by atoms with Crippen LogP contribution in [0.25, 0.3) is 0 Å². The van der Waals surface area contributed by atoms with Gasteiger partial charge < -0.3 is 9.53 Å². The lowest BCUT2D eigenvalue weighted by Gasteiger charge is -1.94. The first kappa shape index (κ1) is 4.97. The third kappa shape index (κ3) is 0.465. The monoisotopic (exact) mass is 126 g/mol. The van der Waals surface area contributed by atoms with Crippen LogP contribution in [-0.2, 0) is 14.3 Å². The van der Waals surface area contributed by atoms with Gasteiger partial charge in [0, 0.05) is 11.8 Å². The predicted molar refractivity (Wildman–Crippen MR) is 27.5 cm³/mol. The molecule has 3 atom stereocenters. The second-order valence-electron chi connectivity index (χ2n) is 2.53. The summed E-state index contributed by atoms with van der Waals surface area (Å²) in [5.74, 6) is -0.0270. The zero-order valence-corrected chi connectivity index (χ0v) is 4.74. The van der Waals surface area contributed by atoms with Gasteiger partial charge in [0.25, 0.3) is 0 Å². The molecule has 0 amide bonds. The van der Waals surface area contributed by atoms with Crippen molar-refractivity contribution in [2.45, 2.75) is 0 Å². The molecule has 2 rings (SSSR count). The van der Waals surface area contributed by atoms with Crippen molar-refractivity contribution >= 4 is 12.3 Å².